The first kappa shape index (κ1) is 9.04. The van der Waals surface area contributed by atoms with Crippen LogP contribution in [0.5, 0.6) is 0 Å². The molecule has 1 unspecified atom stereocenters. The van der Waals surface area contributed by atoms with Gasteiger partial charge in [0.2, 0.25) is 0 Å². The van der Waals surface area contributed by atoms with E-state index in [4.69, 9.17) is 0 Å². The highest BCUT2D eigenvalue weighted by Crippen LogP contribution is 1.97. The van der Waals surface area contributed by atoms with Gasteiger partial charge in [0.15, 0.2) is 23.0 Å². The summed E-state index contributed by atoms with van der Waals surface area (Å²) >= 11 is 0.625. The molecule has 0 aliphatic heterocycles. The molecule has 7 heteroatoms. The van der Waals surface area contributed by atoms with Gasteiger partial charge in [0.05, 0.1) is 22.9 Å². The van der Waals surface area contributed by atoms with Gasteiger partial charge in [0.25, 0.3) is 5.23 Å². The first-order valence-electron chi connectivity index (χ1n) is 1.29. The van der Waals surface area contributed by atoms with Crippen LogP contribution in [0.15, 0.2) is 3.21 Å². The Hall–Kier alpha value is 1.04. The van der Waals surface area contributed by atoms with E-state index in [1.807, 2.05) is 0 Å². The van der Waals surface area contributed by atoms with Crippen LogP contribution in [0.3, 0.4) is 0 Å². The molecule has 0 saturated carbocycles. The molecule has 0 heterocycles. The molecule has 0 rings (SSSR count). The lowest BCUT2D eigenvalue weighted by molar-refractivity contribution is 0.541. The zero-order valence-electron chi connectivity index (χ0n) is 3.34. The van der Waals surface area contributed by atoms with E-state index < -0.39 is 11.1 Å². The third kappa shape index (κ3) is 3.14. The quantitative estimate of drug-likeness (QED) is 0.280. The molecule has 1 atom stereocenters. The Balaban J connectivity index is 3.92. The summed E-state index contributed by atoms with van der Waals surface area (Å²) in [5.41, 5.74) is 0. The molecular formula is CI2NO3S-. The Morgan fingerprint density at radius 2 is 2.38 bits per heavy atom. The van der Waals surface area contributed by atoms with Crippen LogP contribution >= 0.6 is 45.9 Å². The first-order chi connectivity index (χ1) is 3.72. The van der Waals surface area contributed by atoms with E-state index in [1.165, 1.54) is 45.9 Å². The number of hydrogen-bond donors (Lipinski definition) is 0. The van der Waals surface area contributed by atoms with Gasteiger partial charge in [-0.1, -0.05) is 0 Å². The summed E-state index contributed by atoms with van der Waals surface area (Å²) in [5, 5.41) is -0.300. The van der Waals surface area contributed by atoms with Gasteiger partial charge in [-0.05, 0) is 0 Å². The minimum absolute atomic E-state index is 0.300. The molecule has 0 radical (unpaired) electrons. The molecule has 0 bridgehead atoms. The van der Waals surface area contributed by atoms with E-state index >= 15 is 0 Å². The van der Waals surface area contributed by atoms with Crippen molar-refractivity contribution < 1.29 is 11.8 Å². The summed E-state index contributed by atoms with van der Waals surface area (Å²) in [6, 6.07) is 0. The van der Waals surface area contributed by atoms with Crippen molar-refractivity contribution in [2.24, 2.45) is 3.21 Å². The van der Waals surface area contributed by atoms with Gasteiger partial charge in [0, 0.05) is 11.1 Å². The van der Waals surface area contributed by atoms with Crippen LogP contribution in [-0.2, 0) is 14.1 Å². The Bertz CT molecular complexity index is 124. The summed E-state index contributed by atoms with van der Waals surface area (Å²) < 4.78 is 27.3. The highest BCUT2D eigenvalue weighted by molar-refractivity contribution is 14.1. The maximum atomic E-state index is 9.90. The van der Waals surface area contributed by atoms with E-state index in [0.29, 0.717) is 0 Å². The van der Waals surface area contributed by atoms with Gasteiger partial charge in [-0.15, -0.1) is 0 Å². The normalized spacial score (nSPS) is 15.6. The molecule has 0 amide bonds. The van der Waals surface area contributed by atoms with Crippen LogP contribution in [0.4, 0.5) is 0 Å². The van der Waals surface area contributed by atoms with E-state index in [2.05, 4.69) is 6.27 Å². The fourth-order valence-electron chi connectivity index (χ4n) is 0.0669. The summed E-state index contributed by atoms with van der Waals surface area (Å²) in [6.45, 7) is 0. The Kier molecular flexibility index (Phi) is 5.51. The van der Waals surface area contributed by atoms with Crippen LogP contribution in [0.1, 0.15) is 0 Å². The highest BCUT2D eigenvalue weighted by atomic mass is 127. The maximum Gasteiger partial charge on any atom is 0.283 e. The van der Waals surface area contributed by atoms with Crippen LogP contribution in [0.2, 0.25) is 0 Å². The summed E-state index contributed by atoms with van der Waals surface area (Å²) in [7, 11) is 0. The van der Waals surface area contributed by atoms with Gasteiger partial charge in [-0.3, -0.25) is 4.21 Å². The SMILES string of the molecule is O=S([O-])/C(=N/I)OI. The lowest BCUT2D eigenvalue weighted by atomic mass is 11.5. The highest BCUT2D eigenvalue weighted by Gasteiger charge is 1.94. The van der Waals surface area contributed by atoms with Gasteiger partial charge >= 0.3 is 0 Å². The van der Waals surface area contributed by atoms with Crippen molar-refractivity contribution in [1.82, 2.24) is 0 Å². The van der Waals surface area contributed by atoms with Crippen molar-refractivity contribution in [1.29, 1.82) is 0 Å². The molecule has 0 saturated heterocycles. The second-order valence-corrected chi connectivity index (χ2v) is 2.40. The van der Waals surface area contributed by atoms with Gasteiger partial charge in [0.1, 0.15) is 0 Å². The van der Waals surface area contributed by atoms with Crippen LogP contribution in [0, 0.1) is 0 Å². The predicted molar refractivity (Wildman–Crippen MR) is 45.5 cm³/mol. The molecule has 0 spiro atoms. The molecule has 0 aromatic carbocycles. The van der Waals surface area contributed by atoms with Crippen molar-refractivity contribution >= 4 is 62.2 Å². The summed E-state index contributed by atoms with van der Waals surface area (Å²) in [5.74, 6) is 0. The molecule has 0 aromatic heterocycles. The van der Waals surface area contributed by atoms with Crippen LogP contribution < -0.4 is 0 Å². The molecule has 8 heavy (non-hydrogen) atoms. The second kappa shape index (κ2) is 4.88. The monoisotopic (exact) mass is 360 g/mol. The van der Waals surface area contributed by atoms with E-state index in [-0.39, 0.29) is 5.23 Å². The van der Waals surface area contributed by atoms with Crippen molar-refractivity contribution in [3.05, 3.63) is 0 Å². The first-order valence-corrected chi connectivity index (χ1v) is 4.21. The standard InChI is InChI=1S/CHI2NO3S/c2-4-1(7-3)8(5)6/h(H,5,6)/p-1/b4-1+. The average Bonchev–Trinajstić information content (AvgIpc) is 1.69. The number of nitrogens with zero attached hydrogens (tertiary/aromatic N) is 1. The smallest absolute Gasteiger partial charge is 0.283 e. The van der Waals surface area contributed by atoms with E-state index in [1.54, 1.807) is 0 Å². The molecule has 0 aliphatic rings. The molecule has 0 fully saturated rings. The lowest BCUT2D eigenvalue weighted by Crippen LogP contribution is -2.03. The average molecular weight is 360 g/mol. The van der Waals surface area contributed by atoms with Crippen molar-refractivity contribution in [3.8, 4) is 0 Å². The molecule has 4 nitrogen and oxygen atoms in total. The van der Waals surface area contributed by atoms with E-state index in [9.17, 15) is 8.76 Å². The molecule has 0 aliphatic carbocycles. The number of rotatable bonds is 0. The third-order valence-corrected chi connectivity index (χ3v) is 2.22. The summed E-state index contributed by atoms with van der Waals surface area (Å²) in [6.07, 6.45) is 0. The lowest BCUT2D eigenvalue weighted by Gasteiger charge is -2.01. The zero-order chi connectivity index (χ0) is 6.57. The Morgan fingerprint density at radius 1 is 1.88 bits per heavy atom. The number of hydrogen-bond acceptors (Lipinski definition) is 4. The zero-order valence-corrected chi connectivity index (χ0v) is 8.47. The van der Waals surface area contributed by atoms with Gasteiger partial charge < -0.3 is 7.62 Å². The Morgan fingerprint density at radius 3 is 2.38 bits per heavy atom. The summed E-state index contributed by atoms with van der Waals surface area (Å²) in [4.78, 5) is 0. The minimum atomic E-state index is -2.34. The van der Waals surface area contributed by atoms with Crippen molar-refractivity contribution in [2.75, 3.05) is 0 Å². The van der Waals surface area contributed by atoms with Crippen LogP contribution in [0.25, 0.3) is 0 Å². The molecule has 0 aromatic rings. The van der Waals surface area contributed by atoms with Crippen LogP contribution in [-0.4, -0.2) is 14.0 Å². The van der Waals surface area contributed by atoms with Gasteiger partial charge in [-0.2, -0.15) is 3.21 Å². The largest absolute Gasteiger partial charge is 0.765 e. The fraction of sp³-hybridized carbons (Fsp3) is 0. The second-order valence-electron chi connectivity index (χ2n) is 0.662. The molecule has 48 valence electrons. The topological polar surface area (TPSA) is 61.7 Å². The van der Waals surface area contributed by atoms with Gasteiger partial charge in [-0.25, -0.2) is 0 Å². The predicted octanol–water partition coefficient (Wildman–Crippen LogP) is 0.938. The van der Waals surface area contributed by atoms with E-state index in [0.717, 1.165) is 0 Å². The molecular weight excluding hydrogens is 360 g/mol. The number of halogens is 2. The molecule has 0 N–H and O–H groups in total. The minimum Gasteiger partial charge on any atom is -0.765 e. The fourth-order valence-corrected chi connectivity index (χ4v) is 1.67. The van der Waals surface area contributed by atoms with Crippen molar-refractivity contribution in [3.63, 3.8) is 0 Å². The maximum absolute atomic E-state index is 9.90. The van der Waals surface area contributed by atoms with Crippen molar-refractivity contribution in [2.45, 2.75) is 0 Å². The third-order valence-electron chi connectivity index (χ3n) is 0.278. The Labute approximate surface area is 76.6 Å².